The second-order valence-electron chi connectivity index (χ2n) is 2.94. The highest BCUT2D eigenvalue weighted by Crippen LogP contribution is 2.25. The first-order valence-electron chi connectivity index (χ1n) is 4.09. The van der Waals surface area contributed by atoms with Crippen LogP contribution < -0.4 is 0 Å². The van der Waals surface area contributed by atoms with Crippen molar-refractivity contribution >= 4 is 5.71 Å². The Labute approximate surface area is 79.2 Å². The van der Waals surface area contributed by atoms with Crippen molar-refractivity contribution in [3.8, 4) is 0 Å². The van der Waals surface area contributed by atoms with Crippen LogP contribution in [0.2, 0.25) is 0 Å². The van der Waals surface area contributed by atoms with Gasteiger partial charge in [-0.15, -0.1) is 5.10 Å². The minimum Gasteiger partial charge on any atom is -0.173 e. The average Bonchev–Trinajstić information content (AvgIpc) is 2.48. The van der Waals surface area contributed by atoms with E-state index in [1.54, 1.807) is 24.3 Å². The molecule has 1 heterocycles. The molecule has 1 aliphatic rings. The van der Waals surface area contributed by atoms with Gasteiger partial charge in [-0.25, -0.2) is 0 Å². The Bertz CT molecular complexity index is 384. The summed E-state index contributed by atoms with van der Waals surface area (Å²) in [6, 6.07) is 5.70. The molecule has 0 unspecified atom stereocenters. The fourth-order valence-electron chi connectivity index (χ4n) is 1.18. The van der Waals surface area contributed by atoms with Crippen molar-refractivity contribution in [2.75, 3.05) is 0 Å². The zero-order valence-electron chi connectivity index (χ0n) is 7.19. The number of hydrogen-bond acceptors (Lipinski definition) is 3. The summed E-state index contributed by atoms with van der Waals surface area (Å²) in [7, 11) is 0. The molecule has 0 spiro atoms. The number of rotatable bonds is 2. The number of benzene rings is 1. The Kier molecular flexibility index (Phi) is 2.07. The summed E-state index contributed by atoms with van der Waals surface area (Å²) in [6.07, 6.45) is 0.0842. The van der Waals surface area contributed by atoms with E-state index in [0.29, 0.717) is 0 Å². The van der Waals surface area contributed by atoms with Gasteiger partial charge in [0.25, 0.3) is 0 Å². The highest BCUT2D eigenvalue weighted by molar-refractivity contribution is 5.93. The normalized spacial score (nSPS) is 18.3. The molecule has 2 rings (SSSR count). The largest absolute Gasteiger partial charge is 0.402 e. The second-order valence-corrected chi connectivity index (χ2v) is 2.94. The van der Waals surface area contributed by atoms with Gasteiger partial charge < -0.3 is 0 Å². The third-order valence-corrected chi connectivity index (χ3v) is 1.90. The Morgan fingerprint density at radius 2 is 1.86 bits per heavy atom. The first-order valence-corrected chi connectivity index (χ1v) is 4.09. The molecule has 0 amide bonds. The summed E-state index contributed by atoms with van der Waals surface area (Å²) in [5.74, 6) is 0. The lowest BCUT2D eigenvalue weighted by Crippen LogP contribution is -2.24. The summed E-state index contributed by atoms with van der Waals surface area (Å²) < 4.78 is 25.8. The van der Waals surface area contributed by atoms with Crippen molar-refractivity contribution in [2.45, 2.75) is 12.5 Å². The first kappa shape index (κ1) is 8.93. The van der Waals surface area contributed by atoms with E-state index in [4.69, 9.17) is 0 Å². The highest BCUT2D eigenvalue weighted by atomic mass is 19.3. The zero-order chi connectivity index (χ0) is 10.0. The smallest absolute Gasteiger partial charge is 0.173 e. The molecule has 1 aromatic rings. The van der Waals surface area contributed by atoms with Crippen LogP contribution in [0.1, 0.15) is 5.56 Å². The molecule has 0 aromatic heterocycles. The van der Waals surface area contributed by atoms with E-state index in [2.05, 4.69) is 15.4 Å². The van der Waals surface area contributed by atoms with Gasteiger partial charge in [-0.2, -0.15) is 8.78 Å². The van der Waals surface area contributed by atoms with Crippen LogP contribution in [0.25, 0.3) is 0 Å². The fraction of sp³-hybridized carbons (Fsp3) is 0.222. The van der Waals surface area contributed by atoms with Gasteiger partial charge in [0.15, 0.2) is 0 Å². The van der Waals surface area contributed by atoms with E-state index in [9.17, 15) is 8.78 Å². The van der Waals surface area contributed by atoms with Crippen LogP contribution in [-0.2, 0) is 6.42 Å². The number of halogens is 2. The maximum Gasteiger partial charge on any atom is 0.402 e. The van der Waals surface area contributed by atoms with Gasteiger partial charge in [0, 0.05) is 6.42 Å². The molecule has 14 heavy (non-hydrogen) atoms. The fourth-order valence-corrected chi connectivity index (χ4v) is 1.18. The van der Waals surface area contributed by atoms with E-state index in [1.807, 2.05) is 6.07 Å². The van der Waals surface area contributed by atoms with E-state index < -0.39 is 6.05 Å². The van der Waals surface area contributed by atoms with Crippen LogP contribution in [0.15, 0.2) is 45.8 Å². The molecule has 1 aromatic carbocycles. The molecule has 0 atom stereocenters. The number of alkyl halides is 2. The Morgan fingerprint density at radius 3 is 2.43 bits per heavy atom. The van der Waals surface area contributed by atoms with Crippen molar-refractivity contribution in [3.63, 3.8) is 0 Å². The van der Waals surface area contributed by atoms with Crippen molar-refractivity contribution in [2.24, 2.45) is 15.4 Å². The van der Waals surface area contributed by atoms with Gasteiger partial charge in [0.05, 0.1) is 0 Å². The quantitative estimate of drug-likeness (QED) is 0.650. The predicted octanol–water partition coefficient (Wildman–Crippen LogP) is 2.64. The minimum atomic E-state index is -3.23. The Hall–Kier alpha value is -1.65. The lowest BCUT2D eigenvalue weighted by atomic mass is 10.1. The molecule has 5 heteroatoms. The molecule has 1 aliphatic heterocycles. The lowest BCUT2D eigenvalue weighted by molar-refractivity contribution is 0.0851. The van der Waals surface area contributed by atoms with Crippen LogP contribution in [0.4, 0.5) is 8.78 Å². The van der Waals surface area contributed by atoms with Crippen LogP contribution >= 0.6 is 0 Å². The van der Waals surface area contributed by atoms with Crippen LogP contribution in [0.3, 0.4) is 0 Å². The van der Waals surface area contributed by atoms with Gasteiger partial charge >= 0.3 is 6.05 Å². The summed E-state index contributed by atoms with van der Waals surface area (Å²) in [5.41, 5.74) is 0.474. The standard InChI is InChI=1S/C9H7F2N3/c10-9(11)8(12-14-13-9)6-7-4-2-1-3-5-7/h1-5H,6H2. The van der Waals surface area contributed by atoms with E-state index >= 15 is 0 Å². The van der Waals surface area contributed by atoms with Crippen molar-refractivity contribution in [3.05, 3.63) is 35.9 Å². The molecule has 0 aliphatic carbocycles. The second kappa shape index (κ2) is 3.25. The maximum atomic E-state index is 12.9. The first-order chi connectivity index (χ1) is 6.68. The van der Waals surface area contributed by atoms with Gasteiger partial charge in [-0.3, -0.25) is 0 Å². The SMILES string of the molecule is FC1(F)N=NN=C1Cc1ccccc1. The van der Waals surface area contributed by atoms with Crippen LogP contribution in [-0.4, -0.2) is 11.8 Å². The molecule has 0 N–H and O–H groups in total. The average molecular weight is 195 g/mol. The maximum absolute atomic E-state index is 12.9. The molecule has 0 saturated heterocycles. The predicted molar refractivity (Wildman–Crippen MR) is 47.4 cm³/mol. The monoisotopic (exact) mass is 195 g/mol. The van der Waals surface area contributed by atoms with Crippen molar-refractivity contribution in [1.29, 1.82) is 0 Å². The van der Waals surface area contributed by atoms with E-state index in [0.717, 1.165) is 5.56 Å². The van der Waals surface area contributed by atoms with Crippen LogP contribution in [0, 0.1) is 0 Å². The van der Waals surface area contributed by atoms with Gasteiger partial charge in [0.2, 0.25) is 0 Å². The highest BCUT2D eigenvalue weighted by Gasteiger charge is 2.39. The lowest BCUT2D eigenvalue weighted by Gasteiger charge is -2.06. The van der Waals surface area contributed by atoms with Crippen molar-refractivity contribution in [1.82, 2.24) is 0 Å². The minimum absolute atomic E-state index is 0.0842. The Balaban J connectivity index is 2.14. The third kappa shape index (κ3) is 1.66. The summed E-state index contributed by atoms with van der Waals surface area (Å²) >= 11 is 0. The number of nitrogens with zero attached hydrogens (tertiary/aromatic N) is 3. The molecule has 0 fully saturated rings. The molecule has 3 nitrogen and oxygen atoms in total. The summed E-state index contributed by atoms with van der Waals surface area (Å²) in [5, 5.41) is 9.02. The molecular formula is C9H7F2N3. The van der Waals surface area contributed by atoms with Gasteiger partial charge in [-0.05, 0) is 10.8 Å². The molecule has 0 radical (unpaired) electrons. The third-order valence-electron chi connectivity index (χ3n) is 1.90. The molecular weight excluding hydrogens is 188 g/mol. The van der Waals surface area contributed by atoms with Crippen molar-refractivity contribution < 1.29 is 8.78 Å². The van der Waals surface area contributed by atoms with E-state index in [1.165, 1.54) is 0 Å². The molecule has 0 saturated carbocycles. The van der Waals surface area contributed by atoms with Crippen LogP contribution in [0.5, 0.6) is 0 Å². The summed E-state index contributed by atoms with van der Waals surface area (Å²) in [4.78, 5) is 0. The summed E-state index contributed by atoms with van der Waals surface area (Å²) in [6.45, 7) is 0. The number of hydrogen-bond donors (Lipinski definition) is 0. The zero-order valence-corrected chi connectivity index (χ0v) is 7.19. The van der Waals surface area contributed by atoms with E-state index in [-0.39, 0.29) is 12.1 Å². The molecule has 0 bridgehead atoms. The topological polar surface area (TPSA) is 37.1 Å². The molecule has 72 valence electrons. The Morgan fingerprint density at radius 1 is 1.14 bits per heavy atom. The van der Waals surface area contributed by atoms with Gasteiger partial charge in [-0.1, -0.05) is 35.4 Å². The van der Waals surface area contributed by atoms with Gasteiger partial charge in [0.1, 0.15) is 5.71 Å².